The van der Waals surface area contributed by atoms with Gasteiger partial charge in [0.1, 0.15) is 5.60 Å². The molecule has 2 heterocycles. The van der Waals surface area contributed by atoms with Crippen LogP contribution in [0.4, 0.5) is 0 Å². The maximum atomic E-state index is 14.3. The molecular formula is C32H42N4O3S. The number of amides is 1. The Morgan fingerprint density at radius 1 is 1.15 bits per heavy atom. The maximum Gasteiger partial charge on any atom is 0.275 e. The van der Waals surface area contributed by atoms with E-state index >= 15 is 0 Å². The number of ether oxygens (including phenoxy) is 1. The number of piperazine rings is 1. The van der Waals surface area contributed by atoms with Gasteiger partial charge in [0, 0.05) is 37.8 Å². The average molecular weight is 563 g/mol. The zero-order valence-corrected chi connectivity index (χ0v) is 24.3. The van der Waals surface area contributed by atoms with Crippen LogP contribution in [0.5, 0.6) is 0 Å². The molecule has 1 amide bonds. The molecular weight excluding hydrogens is 520 g/mol. The molecule has 2 N–H and O–H groups in total. The Kier molecular flexibility index (Phi) is 9.97. The lowest BCUT2D eigenvalue weighted by atomic mass is 9.80. The number of benzene rings is 2. The molecule has 1 aliphatic heterocycles. The average Bonchev–Trinajstić information content (AvgIpc) is 3.43. The van der Waals surface area contributed by atoms with Gasteiger partial charge in [0.05, 0.1) is 24.7 Å². The number of nitrogens with zero attached hydrogens (tertiary/aromatic N) is 3. The Morgan fingerprint density at radius 2 is 1.93 bits per heavy atom. The third-order valence-electron chi connectivity index (χ3n) is 8.25. The van der Waals surface area contributed by atoms with E-state index in [4.69, 9.17) is 9.72 Å². The second-order valence-electron chi connectivity index (χ2n) is 11.0. The Labute approximate surface area is 242 Å². The quantitative estimate of drug-likeness (QED) is 0.326. The van der Waals surface area contributed by atoms with Crippen LogP contribution < -0.4 is 5.32 Å². The Hall–Kier alpha value is -2.65. The summed E-state index contributed by atoms with van der Waals surface area (Å²) in [4.78, 5) is 21.0. The van der Waals surface area contributed by atoms with Crippen LogP contribution in [0.3, 0.4) is 0 Å². The molecule has 0 radical (unpaired) electrons. The number of rotatable bonds is 11. The summed E-state index contributed by atoms with van der Waals surface area (Å²) < 4.78 is 8.09. The van der Waals surface area contributed by atoms with E-state index in [1.807, 2.05) is 53.4 Å². The first-order valence-electron chi connectivity index (χ1n) is 14.6. The molecule has 0 unspecified atom stereocenters. The number of aromatic nitrogens is 2. The molecule has 3 atom stereocenters. The van der Waals surface area contributed by atoms with E-state index in [0.29, 0.717) is 31.9 Å². The zero-order chi connectivity index (χ0) is 27.8. The molecule has 1 aromatic heterocycles. The fourth-order valence-electron chi connectivity index (χ4n) is 6.19. The van der Waals surface area contributed by atoms with Crippen molar-refractivity contribution in [3.63, 3.8) is 0 Å². The van der Waals surface area contributed by atoms with Gasteiger partial charge < -0.3 is 24.6 Å². The third kappa shape index (κ3) is 6.62. The summed E-state index contributed by atoms with van der Waals surface area (Å²) >= 11 is 1.81. The van der Waals surface area contributed by atoms with Gasteiger partial charge in [-0.1, -0.05) is 73.5 Å². The number of imidazole rings is 1. The Bertz CT molecular complexity index is 1220. The largest absolute Gasteiger partial charge is 0.385 e. The van der Waals surface area contributed by atoms with E-state index in [1.165, 1.54) is 5.56 Å². The lowest BCUT2D eigenvalue weighted by Crippen LogP contribution is -2.54. The van der Waals surface area contributed by atoms with Gasteiger partial charge >= 0.3 is 0 Å². The van der Waals surface area contributed by atoms with E-state index in [9.17, 15) is 9.90 Å². The van der Waals surface area contributed by atoms with Crippen LogP contribution in [-0.2, 0) is 11.2 Å². The van der Waals surface area contributed by atoms with Gasteiger partial charge in [-0.3, -0.25) is 4.79 Å². The number of carbonyl (C=O) groups excluding carboxylic acids is 1. The van der Waals surface area contributed by atoms with Gasteiger partial charge in [-0.05, 0) is 43.3 Å². The van der Waals surface area contributed by atoms with Crippen molar-refractivity contribution < 1.29 is 14.6 Å². The van der Waals surface area contributed by atoms with E-state index in [0.717, 1.165) is 62.2 Å². The molecule has 1 saturated carbocycles. The Morgan fingerprint density at radius 3 is 2.70 bits per heavy atom. The smallest absolute Gasteiger partial charge is 0.275 e. The van der Waals surface area contributed by atoms with Crippen LogP contribution in [0.1, 0.15) is 54.2 Å². The molecule has 7 nitrogen and oxygen atoms in total. The van der Waals surface area contributed by atoms with Gasteiger partial charge in [0.15, 0.2) is 5.69 Å². The molecule has 2 fully saturated rings. The van der Waals surface area contributed by atoms with Crippen LogP contribution >= 0.6 is 11.8 Å². The SMILES string of the molecule is CSCCCOC[C@@]1(O)CCCC[C@@H]1n1cnc(C(=O)N2CCNC[C@H]2Cc2ccccc2)c1-c1ccccc1. The van der Waals surface area contributed by atoms with Crippen molar-refractivity contribution in [3.05, 3.63) is 78.2 Å². The van der Waals surface area contributed by atoms with Crippen molar-refractivity contribution in [1.29, 1.82) is 0 Å². The van der Waals surface area contributed by atoms with Gasteiger partial charge in [0.25, 0.3) is 5.91 Å². The van der Waals surface area contributed by atoms with E-state index < -0.39 is 5.60 Å². The van der Waals surface area contributed by atoms with Gasteiger partial charge in [0.2, 0.25) is 0 Å². The summed E-state index contributed by atoms with van der Waals surface area (Å²) in [6.07, 6.45) is 9.10. The summed E-state index contributed by atoms with van der Waals surface area (Å²) in [5.74, 6) is 0.997. The number of aliphatic hydroxyl groups is 1. The molecule has 1 saturated heterocycles. The summed E-state index contributed by atoms with van der Waals surface area (Å²) in [6, 6.07) is 20.2. The van der Waals surface area contributed by atoms with Gasteiger partial charge in [-0.25, -0.2) is 4.98 Å². The second-order valence-corrected chi connectivity index (χ2v) is 12.0. The highest BCUT2D eigenvalue weighted by molar-refractivity contribution is 7.98. The predicted octanol–water partition coefficient (Wildman–Crippen LogP) is 4.82. The van der Waals surface area contributed by atoms with Crippen LogP contribution in [0.2, 0.25) is 0 Å². The number of nitrogens with one attached hydrogen (secondary N) is 1. The fraction of sp³-hybridized carbons (Fsp3) is 0.500. The first kappa shape index (κ1) is 28.9. The van der Waals surface area contributed by atoms with Crippen molar-refractivity contribution in [2.45, 2.75) is 56.2 Å². The fourth-order valence-corrected chi connectivity index (χ4v) is 6.60. The molecule has 8 heteroatoms. The molecule has 0 bridgehead atoms. The summed E-state index contributed by atoms with van der Waals surface area (Å²) in [5, 5.41) is 15.4. The van der Waals surface area contributed by atoms with Crippen molar-refractivity contribution in [2.24, 2.45) is 0 Å². The second kappa shape index (κ2) is 13.8. The molecule has 2 aromatic carbocycles. The van der Waals surface area contributed by atoms with Crippen molar-refractivity contribution >= 4 is 17.7 Å². The predicted molar refractivity (Wildman–Crippen MR) is 162 cm³/mol. The zero-order valence-electron chi connectivity index (χ0n) is 23.5. The Balaban J connectivity index is 1.46. The number of thioether (sulfide) groups is 1. The topological polar surface area (TPSA) is 79.6 Å². The first-order valence-corrected chi connectivity index (χ1v) is 16.0. The van der Waals surface area contributed by atoms with E-state index in [1.54, 1.807) is 18.1 Å². The summed E-state index contributed by atoms with van der Waals surface area (Å²) in [7, 11) is 0. The lowest BCUT2D eigenvalue weighted by Gasteiger charge is -2.41. The van der Waals surface area contributed by atoms with E-state index in [2.05, 4.69) is 28.3 Å². The number of hydrogen-bond acceptors (Lipinski definition) is 6. The third-order valence-corrected chi connectivity index (χ3v) is 8.95. The number of hydrogen-bond donors (Lipinski definition) is 2. The van der Waals surface area contributed by atoms with Crippen molar-refractivity contribution in [2.75, 3.05) is 44.9 Å². The minimum absolute atomic E-state index is 0.0405. The molecule has 0 spiro atoms. The molecule has 40 heavy (non-hydrogen) atoms. The van der Waals surface area contributed by atoms with E-state index in [-0.39, 0.29) is 18.0 Å². The molecule has 1 aliphatic carbocycles. The van der Waals surface area contributed by atoms with Crippen LogP contribution in [0.25, 0.3) is 11.3 Å². The molecule has 5 rings (SSSR count). The van der Waals surface area contributed by atoms with Crippen LogP contribution in [0.15, 0.2) is 67.0 Å². The minimum atomic E-state index is -1.01. The standard InChI is InChI=1S/C32H42N4O3S/c1-40-20-10-19-39-23-32(38)16-9-8-15-28(32)36-24-34-29(30(36)26-13-6-3-7-14-26)31(37)35-18-17-33-22-27(35)21-25-11-4-2-5-12-25/h2-7,11-14,24,27-28,33,38H,8-10,15-23H2,1H3/t27-,28+,32+/m1/s1. The van der Waals surface area contributed by atoms with Gasteiger partial charge in [-0.15, -0.1) is 0 Å². The highest BCUT2D eigenvalue weighted by Crippen LogP contribution is 2.41. The van der Waals surface area contributed by atoms with Crippen molar-refractivity contribution in [1.82, 2.24) is 19.8 Å². The summed E-state index contributed by atoms with van der Waals surface area (Å²) in [5.41, 5.74) is 2.39. The van der Waals surface area contributed by atoms with Crippen LogP contribution in [0, 0.1) is 0 Å². The molecule has 2 aliphatic rings. The monoisotopic (exact) mass is 562 g/mol. The first-order chi connectivity index (χ1) is 19.6. The number of carbonyl (C=O) groups is 1. The summed E-state index contributed by atoms with van der Waals surface area (Å²) in [6.45, 7) is 3.07. The highest BCUT2D eigenvalue weighted by atomic mass is 32.2. The van der Waals surface area contributed by atoms with Crippen LogP contribution in [-0.4, -0.2) is 82.0 Å². The highest BCUT2D eigenvalue weighted by Gasteiger charge is 2.42. The normalized spacial score (nSPS) is 23.3. The van der Waals surface area contributed by atoms with Gasteiger partial charge in [-0.2, -0.15) is 11.8 Å². The lowest BCUT2D eigenvalue weighted by molar-refractivity contribution is -0.0989. The molecule has 3 aromatic rings. The minimum Gasteiger partial charge on any atom is -0.385 e. The van der Waals surface area contributed by atoms with Crippen molar-refractivity contribution in [3.8, 4) is 11.3 Å². The maximum absolute atomic E-state index is 14.3. The molecule has 214 valence electrons.